The molecule has 0 unspecified atom stereocenters. The highest BCUT2D eigenvalue weighted by atomic mass is 16.5. The van der Waals surface area contributed by atoms with Crippen LogP contribution in [0.1, 0.15) is 24.5 Å². The molecule has 100 valence electrons. The van der Waals surface area contributed by atoms with Crippen LogP contribution >= 0.6 is 0 Å². The van der Waals surface area contributed by atoms with Gasteiger partial charge in [0.2, 0.25) is 5.91 Å². The molecule has 1 aromatic carbocycles. The number of carbonyl (C=O) groups excluding carboxylic acids is 1. The summed E-state index contributed by atoms with van der Waals surface area (Å²) in [5, 5.41) is 0. The zero-order chi connectivity index (χ0) is 13.4. The first kappa shape index (κ1) is 14.7. The molecule has 0 radical (unpaired) electrons. The first-order valence-corrected chi connectivity index (χ1v) is 6.27. The smallest absolute Gasteiger partial charge is 0.248 e. The molecule has 0 aliphatic rings. The molecular formula is C14H22N2O2. The molecule has 1 rings (SSSR count). The first-order valence-electron chi connectivity index (χ1n) is 6.27. The Hall–Kier alpha value is -1.39. The van der Waals surface area contributed by atoms with Gasteiger partial charge in [-0.3, -0.25) is 4.79 Å². The second-order valence-electron chi connectivity index (χ2n) is 4.28. The molecule has 0 aliphatic carbocycles. The van der Waals surface area contributed by atoms with Crippen molar-refractivity contribution in [2.75, 3.05) is 20.3 Å². The molecule has 0 fully saturated rings. The summed E-state index contributed by atoms with van der Waals surface area (Å²) in [4.78, 5) is 13.5. The molecule has 0 aromatic heterocycles. The van der Waals surface area contributed by atoms with E-state index in [0.717, 1.165) is 17.5 Å². The van der Waals surface area contributed by atoms with Gasteiger partial charge < -0.3 is 15.4 Å². The lowest BCUT2D eigenvalue weighted by Crippen LogP contribution is -2.30. The van der Waals surface area contributed by atoms with Crippen LogP contribution in [0.15, 0.2) is 24.3 Å². The third-order valence-corrected chi connectivity index (χ3v) is 2.75. The monoisotopic (exact) mass is 250 g/mol. The van der Waals surface area contributed by atoms with Crippen molar-refractivity contribution >= 4 is 5.91 Å². The third kappa shape index (κ3) is 4.47. The van der Waals surface area contributed by atoms with Crippen LogP contribution in [0.3, 0.4) is 0 Å². The minimum absolute atomic E-state index is 0.00438. The topological polar surface area (TPSA) is 55.6 Å². The highest BCUT2D eigenvalue weighted by molar-refractivity contribution is 5.77. The Morgan fingerprint density at radius 1 is 1.33 bits per heavy atom. The summed E-state index contributed by atoms with van der Waals surface area (Å²) < 4.78 is 5.24. The minimum atomic E-state index is -0.00438. The van der Waals surface area contributed by atoms with Crippen molar-refractivity contribution in [3.8, 4) is 0 Å². The number of hydrogen-bond acceptors (Lipinski definition) is 3. The van der Waals surface area contributed by atoms with Gasteiger partial charge in [0.05, 0.1) is 0 Å². The van der Waals surface area contributed by atoms with Gasteiger partial charge in [0.1, 0.15) is 6.61 Å². The van der Waals surface area contributed by atoms with E-state index in [0.29, 0.717) is 19.7 Å². The number of nitrogens with zero attached hydrogens (tertiary/aromatic N) is 1. The number of carbonyl (C=O) groups is 1. The molecule has 0 heterocycles. The van der Waals surface area contributed by atoms with Gasteiger partial charge in [-0.2, -0.15) is 0 Å². The number of ether oxygens (including phenoxy) is 1. The molecule has 0 atom stereocenters. The minimum Gasteiger partial charge on any atom is -0.372 e. The van der Waals surface area contributed by atoms with Gasteiger partial charge in [-0.15, -0.1) is 0 Å². The zero-order valence-corrected chi connectivity index (χ0v) is 11.2. The van der Waals surface area contributed by atoms with Gasteiger partial charge in [-0.05, 0) is 17.5 Å². The molecule has 0 aliphatic heterocycles. The molecule has 0 saturated heterocycles. The van der Waals surface area contributed by atoms with Crippen LogP contribution in [0.25, 0.3) is 0 Å². The molecule has 1 amide bonds. The number of hydrogen-bond donors (Lipinski definition) is 1. The van der Waals surface area contributed by atoms with E-state index in [1.54, 1.807) is 11.9 Å². The molecule has 2 N–H and O–H groups in total. The second kappa shape index (κ2) is 7.84. The Balaban J connectivity index is 2.52. The summed E-state index contributed by atoms with van der Waals surface area (Å²) in [6.07, 6.45) is 0.924. The van der Waals surface area contributed by atoms with Crippen molar-refractivity contribution in [3.63, 3.8) is 0 Å². The number of amides is 1. The standard InChI is InChI=1S/C14H22N2O2/c1-3-8-18-11-14(17)16(2)10-13-7-5-4-6-12(13)9-15/h4-7H,3,8-11,15H2,1-2H3. The second-order valence-corrected chi connectivity index (χ2v) is 4.28. The first-order chi connectivity index (χ1) is 8.69. The van der Waals surface area contributed by atoms with Crippen LogP contribution in [-0.4, -0.2) is 31.1 Å². The van der Waals surface area contributed by atoms with Crippen LogP contribution in [0, 0.1) is 0 Å². The quantitative estimate of drug-likeness (QED) is 0.747. The summed E-state index contributed by atoms with van der Waals surface area (Å²) in [6.45, 7) is 3.85. The zero-order valence-electron chi connectivity index (χ0n) is 11.2. The Bertz CT molecular complexity index is 380. The fourth-order valence-corrected chi connectivity index (χ4v) is 1.67. The highest BCUT2D eigenvalue weighted by Gasteiger charge is 2.10. The molecule has 0 saturated carbocycles. The maximum atomic E-state index is 11.8. The number of likely N-dealkylation sites (N-methyl/N-ethyl adjacent to an activating group) is 1. The van der Waals surface area contributed by atoms with Crippen molar-refractivity contribution < 1.29 is 9.53 Å². The van der Waals surface area contributed by atoms with E-state index >= 15 is 0 Å². The van der Waals surface area contributed by atoms with E-state index in [1.807, 2.05) is 31.2 Å². The maximum absolute atomic E-state index is 11.8. The van der Waals surface area contributed by atoms with E-state index < -0.39 is 0 Å². The van der Waals surface area contributed by atoms with Crippen molar-refractivity contribution in [1.29, 1.82) is 0 Å². The van der Waals surface area contributed by atoms with E-state index in [9.17, 15) is 4.79 Å². The van der Waals surface area contributed by atoms with Crippen molar-refractivity contribution in [1.82, 2.24) is 4.90 Å². The summed E-state index contributed by atoms with van der Waals surface area (Å²) >= 11 is 0. The summed E-state index contributed by atoms with van der Waals surface area (Å²) in [6, 6.07) is 7.90. The molecule has 18 heavy (non-hydrogen) atoms. The van der Waals surface area contributed by atoms with Crippen molar-refractivity contribution in [3.05, 3.63) is 35.4 Å². The lowest BCUT2D eigenvalue weighted by molar-refractivity contribution is -0.135. The lowest BCUT2D eigenvalue weighted by atomic mass is 10.1. The molecule has 4 nitrogen and oxygen atoms in total. The predicted octanol–water partition coefficient (Wildman–Crippen LogP) is 1.53. The van der Waals surface area contributed by atoms with Gasteiger partial charge in [0, 0.05) is 26.7 Å². The third-order valence-electron chi connectivity index (χ3n) is 2.75. The summed E-state index contributed by atoms with van der Waals surface area (Å²) in [5.41, 5.74) is 7.84. The summed E-state index contributed by atoms with van der Waals surface area (Å²) in [7, 11) is 1.78. The Kier molecular flexibility index (Phi) is 6.39. The Morgan fingerprint density at radius 2 is 2.00 bits per heavy atom. The van der Waals surface area contributed by atoms with Gasteiger partial charge >= 0.3 is 0 Å². The van der Waals surface area contributed by atoms with Gasteiger partial charge in [-0.25, -0.2) is 0 Å². The average Bonchev–Trinajstić information content (AvgIpc) is 2.39. The molecule has 0 spiro atoms. The highest BCUT2D eigenvalue weighted by Crippen LogP contribution is 2.10. The van der Waals surface area contributed by atoms with Crippen molar-refractivity contribution in [2.45, 2.75) is 26.4 Å². The number of rotatable bonds is 7. The molecule has 4 heteroatoms. The van der Waals surface area contributed by atoms with Crippen LogP contribution < -0.4 is 5.73 Å². The predicted molar refractivity (Wildman–Crippen MR) is 71.9 cm³/mol. The normalized spacial score (nSPS) is 10.4. The largest absolute Gasteiger partial charge is 0.372 e. The van der Waals surface area contributed by atoms with E-state index in [2.05, 4.69) is 0 Å². The maximum Gasteiger partial charge on any atom is 0.248 e. The summed E-state index contributed by atoms with van der Waals surface area (Å²) in [5.74, 6) is -0.00438. The fraction of sp³-hybridized carbons (Fsp3) is 0.500. The van der Waals surface area contributed by atoms with Crippen LogP contribution in [0.4, 0.5) is 0 Å². The van der Waals surface area contributed by atoms with E-state index in [-0.39, 0.29) is 12.5 Å². The Morgan fingerprint density at radius 3 is 2.61 bits per heavy atom. The van der Waals surface area contributed by atoms with Crippen LogP contribution in [0.2, 0.25) is 0 Å². The van der Waals surface area contributed by atoms with Gasteiger partial charge in [-0.1, -0.05) is 31.2 Å². The van der Waals surface area contributed by atoms with Crippen LogP contribution in [0.5, 0.6) is 0 Å². The SMILES string of the molecule is CCCOCC(=O)N(C)Cc1ccccc1CN. The van der Waals surface area contributed by atoms with Gasteiger partial charge in [0.15, 0.2) is 0 Å². The van der Waals surface area contributed by atoms with Crippen molar-refractivity contribution in [2.24, 2.45) is 5.73 Å². The fourth-order valence-electron chi connectivity index (χ4n) is 1.67. The molecular weight excluding hydrogens is 228 g/mol. The molecule has 0 bridgehead atoms. The van der Waals surface area contributed by atoms with Gasteiger partial charge in [0.25, 0.3) is 0 Å². The van der Waals surface area contributed by atoms with Crippen LogP contribution in [-0.2, 0) is 22.6 Å². The number of nitrogens with two attached hydrogens (primary N) is 1. The van der Waals surface area contributed by atoms with E-state index in [4.69, 9.17) is 10.5 Å². The average molecular weight is 250 g/mol. The molecule has 1 aromatic rings. The number of benzene rings is 1. The van der Waals surface area contributed by atoms with E-state index in [1.165, 1.54) is 0 Å². The Labute approximate surface area is 109 Å². The lowest BCUT2D eigenvalue weighted by Gasteiger charge is -2.19.